The van der Waals surface area contributed by atoms with Crippen LogP contribution in [0.4, 0.5) is 0 Å². The van der Waals surface area contributed by atoms with Crippen molar-refractivity contribution in [2.45, 2.75) is 58.4 Å². The molecule has 0 aromatic heterocycles. The lowest BCUT2D eigenvalue weighted by atomic mass is 10.1. The zero-order valence-electron chi connectivity index (χ0n) is 11.2. The quantitative estimate of drug-likeness (QED) is 0.459. The molecule has 0 aromatic rings. The van der Waals surface area contributed by atoms with Crippen molar-refractivity contribution in [3.05, 3.63) is 0 Å². The Hall–Kier alpha value is -0.220. The second-order valence-electron chi connectivity index (χ2n) is 4.20. The van der Waals surface area contributed by atoms with E-state index in [1.165, 1.54) is 38.5 Å². The average Bonchev–Trinajstić information content (AvgIpc) is 2.32. The summed E-state index contributed by atoms with van der Waals surface area (Å²) in [4.78, 5) is 11.2. The summed E-state index contributed by atoms with van der Waals surface area (Å²) in [7, 11) is 0. The number of esters is 1. The maximum absolute atomic E-state index is 11.2. The van der Waals surface area contributed by atoms with Gasteiger partial charge < -0.3 is 10.5 Å². The van der Waals surface area contributed by atoms with Crippen LogP contribution in [-0.4, -0.2) is 30.1 Å². The first kappa shape index (κ1) is 16.8. The number of thioether (sulfide) groups is 1. The number of carbonyl (C=O) groups excluding carboxylic acids is 1. The van der Waals surface area contributed by atoms with Crippen LogP contribution in [0.15, 0.2) is 0 Å². The smallest absolute Gasteiger partial charge is 0.323 e. The molecule has 0 aliphatic rings. The standard InChI is InChI=1S/C13H27NO2S/c1-3-5-6-7-8-9-10-17-11-12(14)13(15)16-4-2/h12H,3-11,14H2,1-2H3. The minimum Gasteiger partial charge on any atom is -0.465 e. The van der Waals surface area contributed by atoms with Crippen molar-refractivity contribution in [2.75, 3.05) is 18.1 Å². The summed E-state index contributed by atoms with van der Waals surface area (Å²) < 4.78 is 4.85. The molecular weight excluding hydrogens is 234 g/mol. The molecule has 1 atom stereocenters. The second kappa shape index (κ2) is 12.2. The molecule has 0 fully saturated rings. The summed E-state index contributed by atoms with van der Waals surface area (Å²) >= 11 is 1.75. The molecule has 0 aliphatic heterocycles. The Balaban J connectivity index is 3.24. The van der Waals surface area contributed by atoms with Gasteiger partial charge in [0.05, 0.1) is 6.61 Å². The molecule has 0 bridgehead atoms. The fraction of sp³-hybridized carbons (Fsp3) is 0.923. The first-order valence-corrected chi connectivity index (χ1v) is 7.87. The molecule has 0 aliphatic carbocycles. The third-order valence-corrected chi connectivity index (χ3v) is 3.70. The summed E-state index contributed by atoms with van der Waals surface area (Å²) in [6.07, 6.45) is 7.84. The topological polar surface area (TPSA) is 52.3 Å². The molecular formula is C13H27NO2S. The highest BCUT2D eigenvalue weighted by atomic mass is 32.2. The monoisotopic (exact) mass is 261 g/mol. The Morgan fingerprint density at radius 3 is 2.47 bits per heavy atom. The maximum atomic E-state index is 11.2. The van der Waals surface area contributed by atoms with Crippen LogP contribution in [0.1, 0.15) is 52.4 Å². The van der Waals surface area contributed by atoms with Gasteiger partial charge in [0, 0.05) is 5.75 Å². The van der Waals surface area contributed by atoms with Crippen molar-refractivity contribution in [2.24, 2.45) is 5.73 Å². The van der Waals surface area contributed by atoms with Crippen molar-refractivity contribution in [1.82, 2.24) is 0 Å². The van der Waals surface area contributed by atoms with Gasteiger partial charge in [-0.3, -0.25) is 4.79 Å². The van der Waals surface area contributed by atoms with E-state index in [4.69, 9.17) is 10.5 Å². The SMILES string of the molecule is CCCCCCCCSCC(N)C(=O)OCC. The van der Waals surface area contributed by atoms with Gasteiger partial charge in [0.25, 0.3) is 0 Å². The van der Waals surface area contributed by atoms with Crippen molar-refractivity contribution >= 4 is 17.7 Å². The molecule has 0 rings (SSSR count). The van der Waals surface area contributed by atoms with Gasteiger partial charge in [-0.1, -0.05) is 39.0 Å². The largest absolute Gasteiger partial charge is 0.465 e. The minimum atomic E-state index is -0.458. The number of hydrogen-bond donors (Lipinski definition) is 1. The Kier molecular flexibility index (Phi) is 12.1. The van der Waals surface area contributed by atoms with E-state index in [1.54, 1.807) is 18.7 Å². The van der Waals surface area contributed by atoms with E-state index in [0.717, 1.165) is 5.75 Å². The second-order valence-corrected chi connectivity index (χ2v) is 5.35. The molecule has 17 heavy (non-hydrogen) atoms. The Bertz CT molecular complexity index is 188. The zero-order valence-corrected chi connectivity index (χ0v) is 12.1. The van der Waals surface area contributed by atoms with Gasteiger partial charge in [0.1, 0.15) is 6.04 Å². The summed E-state index contributed by atoms with van der Waals surface area (Å²) in [6.45, 7) is 4.44. The molecule has 0 saturated carbocycles. The number of unbranched alkanes of at least 4 members (excludes halogenated alkanes) is 5. The number of rotatable bonds is 11. The van der Waals surface area contributed by atoms with E-state index in [-0.39, 0.29) is 5.97 Å². The summed E-state index contributed by atoms with van der Waals surface area (Å²) in [5, 5.41) is 0. The Morgan fingerprint density at radius 1 is 1.18 bits per heavy atom. The first-order chi connectivity index (χ1) is 8.22. The van der Waals surface area contributed by atoms with Gasteiger partial charge >= 0.3 is 5.97 Å². The van der Waals surface area contributed by atoms with Crippen LogP contribution in [0.3, 0.4) is 0 Å². The number of ether oxygens (including phenoxy) is 1. The van der Waals surface area contributed by atoms with Crippen molar-refractivity contribution in [3.63, 3.8) is 0 Å². The molecule has 0 radical (unpaired) electrons. The fourth-order valence-corrected chi connectivity index (χ4v) is 2.48. The molecule has 0 amide bonds. The van der Waals surface area contributed by atoms with Crippen molar-refractivity contribution in [3.8, 4) is 0 Å². The lowest BCUT2D eigenvalue weighted by Gasteiger charge is -2.09. The van der Waals surface area contributed by atoms with Crippen LogP contribution >= 0.6 is 11.8 Å². The highest BCUT2D eigenvalue weighted by Crippen LogP contribution is 2.10. The van der Waals surface area contributed by atoms with E-state index in [2.05, 4.69) is 6.92 Å². The van der Waals surface area contributed by atoms with Gasteiger partial charge in [-0.15, -0.1) is 0 Å². The predicted octanol–water partition coefficient (Wildman–Crippen LogP) is 2.97. The van der Waals surface area contributed by atoms with E-state index in [1.807, 2.05) is 0 Å². The van der Waals surface area contributed by atoms with Gasteiger partial charge in [-0.2, -0.15) is 11.8 Å². The van der Waals surface area contributed by atoms with E-state index in [0.29, 0.717) is 12.4 Å². The molecule has 1 unspecified atom stereocenters. The van der Waals surface area contributed by atoms with E-state index < -0.39 is 6.04 Å². The highest BCUT2D eigenvalue weighted by molar-refractivity contribution is 7.99. The molecule has 2 N–H and O–H groups in total. The third kappa shape index (κ3) is 10.6. The fourth-order valence-electron chi connectivity index (χ4n) is 1.51. The predicted molar refractivity (Wildman–Crippen MR) is 75.3 cm³/mol. The first-order valence-electron chi connectivity index (χ1n) is 6.72. The van der Waals surface area contributed by atoms with Crippen LogP contribution in [0.2, 0.25) is 0 Å². The molecule has 102 valence electrons. The van der Waals surface area contributed by atoms with Gasteiger partial charge in [-0.05, 0) is 19.1 Å². The summed E-state index contributed by atoms with van der Waals surface area (Å²) in [5.41, 5.74) is 5.69. The normalized spacial score (nSPS) is 12.4. The van der Waals surface area contributed by atoms with Crippen LogP contribution < -0.4 is 5.73 Å². The van der Waals surface area contributed by atoms with Crippen LogP contribution in [0.25, 0.3) is 0 Å². The number of carbonyl (C=O) groups is 1. The highest BCUT2D eigenvalue weighted by Gasteiger charge is 2.13. The van der Waals surface area contributed by atoms with Crippen LogP contribution in [0, 0.1) is 0 Å². The lowest BCUT2D eigenvalue weighted by Crippen LogP contribution is -2.34. The Labute approximate surface area is 110 Å². The van der Waals surface area contributed by atoms with Crippen molar-refractivity contribution < 1.29 is 9.53 Å². The van der Waals surface area contributed by atoms with E-state index in [9.17, 15) is 4.79 Å². The van der Waals surface area contributed by atoms with Gasteiger partial charge in [0.2, 0.25) is 0 Å². The minimum absolute atomic E-state index is 0.275. The van der Waals surface area contributed by atoms with Gasteiger partial charge in [-0.25, -0.2) is 0 Å². The van der Waals surface area contributed by atoms with Crippen molar-refractivity contribution in [1.29, 1.82) is 0 Å². The third-order valence-electron chi connectivity index (χ3n) is 2.53. The number of nitrogens with two attached hydrogens (primary N) is 1. The molecule has 0 aromatic carbocycles. The van der Waals surface area contributed by atoms with E-state index >= 15 is 0 Å². The summed E-state index contributed by atoms with van der Waals surface area (Å²) in [6, 6.07) is -0.458. The zero-order chi connectivity index (χ0) is 12.9. The average molecular weight is 261 g/mol. The molecule has 0 saturated heterocycles. The summed E-state index contributed by atoms with van der Waals surface area (Å²) in [5.74, 6) is 1.50. The Morgan fingerprint density at radius 2 is 1.82 bits per heavy atom. The molecule has 0 heterocycles. The molecule has 0 spiro atoms. The number of hydrogen-bond acceptors (Lipinski definition) is 4. The lowest BCUT2D eigenvalue weighted by molar-refractivity contribution is -0.144. The van der Waals surface area contributed by atoms with Crippen LogP contribution in [0.5, 0.6) is 0 Å². The molecule has 4 heteroatoms. The maximum Gasteiger partial charge on any atom is 0.323 e. The van der Waals surface area contributed by atoms with Crippen LogP contribution in [-0.2, 0) is 9.53 Å². The van der Waals surface area contributed by atoms with Gasteiger partial charge in [0.15, 0.2) is 0 Å². The molecule has 3 nitrogen and oxygen atoms in total.